The largest absolute Gasteiger partial charge is 0.381 e. The maximum absolute atomic E-state index is 12.4. The average molecular weight is 329 g/mol. The van der Waals surface area contributed by atoms with E-state index in [0.717, 1.165) is 49.1 Å². The smallest absolute Gasteiger partial charge is 0.240 e. The van der Waals surface area contributed by atoms with E-state index in [0.29, 0.717) is 12.5 Å². The van der Waals surface area contributed by atoms with Gasteiger partial charge in [-0.3, -0.25) is 4.79 Å². The van der Waals surface area contributed by atoms with E-state index in [2.05, 4.69) is 33.9 Å². The van der Waals surface area contributed by atoms with E-state index >= 15 is 0 Å². The summed E-state index contributed by atoms with van der Waals surface area (Å²) in [5.41, 5.74) is 3.26. The third-order valence-corrected chi connectivity index (χ3v) is 4.86. The molecule has 1 aliphatic heterocycles. The van der Waals surface area contributed by atoms with Crippen LogP contribution in [0.2, 0.25) is 0 Å². The number of carbonyl (C=O) groups is 1. The fourth-order valence-corrected chi connectivity index (χ4v) is 3.34. The Morgan fingerprint density at radius 3 is 2.88 bits per heavy atom. The van der Waals surface area contributed by atoms with E-state index in [4.69, 9.17) is 4.74 Å². The Bertz CT molecular complexity index is 717. The second-order valence-electron chi connectivity index (χ2n) is 6.84. The number of amides is 1. The fraction of sp³-hybridized carbons (Fsp3) is 0.579. The Hall–Kier alpha value is -1.88. The van der Waals surface area contributed by atoms with Crippen LogP contribution in [0.3, 0.4) is 0 Å². The van der Waals surface area contributed by atoms with E-state index in [1.807, 2.05) is 20.0 Å². The molecule has 0 radical (unpaired) electrons. The summed E-state index contributed by atoms with van der Waals surface area (Å²) in [5, 5.41) is 4.18. The number of hydrogen-bond acceptors (Lipinski definition) is 3. The number of aromatic nitrogens is 2. The van der Waals surface area contributed by atoms with E-state index in [-0.39, 0.29) is 11.9 Å². The monoisotopic (exact) mass is 329 g/mol. The fourth-order valence-electron chi connectivity index (χ4n) is 3.34. The van der Waals surface area contributed by atoms with Crippen molar-refractivity contribution in [2.24, 2.45) is 0 Å². The number of ether oxygens (including phenoxy) is 1. The standard InChI is InChI=1S/C19H27N3O2/c1-4-14(3)21-18(23)12-22-17(15-5-7-24-8-6-15)10-16-9-13(2)11-20-19(16)22/h9-11,14-15H,4-8,12H2,1-3H3,(H,21,23). The molecular formula is C19H27N3O2. The highest BCUT2D eigenvalue weighted by atomic mass is 16.5. The van der Waals surface area contributed by atoms with Gasteiger partial charge in [-0.2, -0.15) is 0 Å². The SMILES string of the molecule is CCC(C)NC(=O)Cn1c(C2CCOCC2)cc2cc(C)cnc21. The molecule has 0 aliphatic carbocycles. The van der Waals surface area contributed by atoms with Crippen LogP contribution in [0.5, 0.6) is 0 Å². The van der Waals surface area contributed by atoms with Crippen molar-refractivity contribution in [3.63, 3.8) is 0 Å². The lowest BCUT2D eigenvalue weighted by Gasteiger charge is -2.24. The third-order valence-electron chi connectivity index (χ3n) is 4.86. The molecule has 3 heterocycles. The maximum Gasteiger partial charge on any atom is 0.240 e. The number of pyridine rings is 1. The summed E-state index contributed by atoms with van der Waals surface area (Å²) in [6.45, 7) is 8.07. The van der Waals surface area contributed by atoms with Crippen LogP contribution in [0.4, 0.5) is 0 Å². The molecule has 5 nitrogen and oxygen atoms in total. The van der Waals surface area contributed by atoms with Crippen LogP contribution in [0.1, 0.15) is 50.3 Å². The molecular weight excluding hydrogens is 302 g/mol. The molecule has 24 heavy (non-hydrogen) atoms. The maximum atomic E-state index is 12.4. The van der Waals surface area contributed by atoms with Crippen molar-refractivity contribution in [3.8, 4) is 0 Å². The van der Waals surface area contributed by atoms with Crippen LogP contribution in [0, 0.1) is 6.92 Å². The highest BCUT2D eigenvalue weighted by Gasteiger charge is 2.23. The summed E-state index contributed by atoms with van der Waals surface area (Å²) < 4.78 is 7.60. The van der Waals surface area contributed by atoms with Crippen molar-refractivity contribution < 1.29 is 9.53 Å². The summed E-state index contributed by atoms with van der Waals surface area (Å²) in [6.07, 6.45) is 4.81. The molecule has 3 rings (SSSR count). The van der Waals surface area contributed by atoms with Crippen LogP contribution in [0.15, 0.2) is 18.3 Å². The second kappa shape index (κ2) is 7.34. The normalized spacial score (nSPS) is 17.1. The number of nitrogens with one attached hydrogen (secondary N) is 1. The Morgan fingerprint density at radius 2 is 2.17 bits per heavy atom. The van der Waals surface area contributed by atoms with Crippen LogP contribution in [-0.2, 0) is 16.1 Å². The van der Waals surface area contributed by atoms with E-state index in [1.54, 1.807) is 0 Å². The van der Waals surface area contributed by atoms with Gasteiger partial charge in [0.1, 0.15) is 12.2 Å². The van der Waals surface area contributed by atoms with Crippen LogP contribution in [0.25, 0.3) is 11.0 Å². The molecule has 5 heteroatoms. The third kappa shape index (κ3) is 3.61. The van der Waals surface area contributed by atoms with Gasteiger partial charge in [0.2, 0.25) is 5.91 Å². The molecule has 1 unspecified atom stereocenters. The van der Waals surface area contributed by atoms with Gasteiger partial charge in [0.05, 0.1) is 0 Å². The quantitative estimate of drug-likeness (QED) is 0.917. The molecule has 1 fully saturated rings. The summed E-state index contributed by atoms with van der Waals surface area (Å²) in [5.74, 6) is 0.488. The van der Waals surface area contributed by atoms with Crippen molar-refractivity contribution in [2.45, 2.75) is 58.5 Å². The van der Waals surface area contributed by atoms with Gasteiger partial charge in [0.25, 0.3) is 0 Å². The molecule has 130 valence electrons. The number of rotatable bonds is 5. The molecule has 0 aromatic carbocycles. The molecule has 2 aromatic heterocycles. The first-order valence-electron chi connectivity index (χ1n) is 8.91. The van der Waals surface area contributed by atoms with Crippen molar-refractivity contribution >= 4 is 16.9 Å². The average Bonchev–Trinajstić information content (AvgIpc) is 2.93. The number of carbonyl (C=O) groups excluding carboxylic acids is 1. The summed E-state index contributed by atoms with van der Waals surface area (Å²) >= 11 is 0. The molecule has 1 aliphatic rings. The van der Waals surface area contributed by atoms with Gasteiger partial charge in [0, 0.05) is 42.5 Å². The first kappa shape index (κ1) is 17.0. The van der Waals surface area contributed by atoms with Crippen molar-refractivity contribution in [1.82, 2.24) is 14.9 Å². The van der Waals surface area contributed by atoms with Crippen molar-refractivity contribution in [3.05, 3.63) is 29.6 Å². The first-order chi connectivity index (χ1) is 11.6. The van der Waals surface area contributed by atoms with Crippen molar-refractivity contribution in [1.29, 1.82) is 0 Å². The number of nitrogens with zero attached hydrogens (tertiary/aromatic N) is 2. The second-order valence-corrected chi connectivity index (χ2v) is 6.84. The summed E-state index contributed by atoms with van der Waals surface area (Å²) in [7, 11) is 0. The molecule has 1 atom stereocenters. The van der Waals surface area contributed by atoms with Gasteiger partial charge in [-0.15, -0.1) is 0 Å². The lowest BCUT2D eigenvalue weighted by molar-refractivity contribution is -0.122. The van der Waals surface area contributed by atoms with Gasteiger partial charge < -0.3 is 14.6 Å². The number of hydrogen-bond donors (Lipinski definition) is 1. The highest BCUT2D eigenvalue weighted by molar-refractivity contribution is 5.82. The molecule has 0 spiro atoms. The zero-order valence-corrected chi connectivity index (χ0v) is 14.8. The zero-order valence-electron chi connectivity index (χ0n) is 14.8. The topological polar surface area (TPSA) is 56.2 Å². The minimum absolute atomic E-state index is 0.0533. The van der Waals surface area contributed by atoms with E-state index < -0.39 is 0 Å². The molecule has 1 N–H and O–H groups in total. The molecule has 0 saturated carbocycles. The molecule has 1 saturated heterocycles. The van der Waals surface area contributed by atoms with Crippen LogP contribution in [-0.4, -0.2) is 34.7 Å². The summed E-state index contributed by atoms with van der Waals surface area (Å²) in [4.78, 5) is 17.0. The predicted molar refractivity (Wildman–Crippen MR) is 95.2 cm³/mol. The number of fused-ring (bicyclic) bond motifs is 1. The van der Waals surface area contributed by atoms with Crippen molar-refractivity contribution in [2.75, 3.05) is 13.2 Å². The highest BCUT2D eigenvalue weighted by Crippen LogP contribution is 2.31. The lowest BCUT2D eigenvalue weighted by Crippen LogP contribution is -2.35. The van der Waals surface area contributed by atoms with E-state index in [9.17, 15) is 4.79 Å². The van der Waals surface area contributed by atoms with Crippen LogP contribution >= 0.6 is 0 Å². The Kier molecular flexibility index (Phi) is 5.19. The molecule has 0 bridgehead atoms. The zero-order chi connectivity index (χ0) is 17.1. The van der Waals surface area contributed by atoms with Gasteiger partial charge >= 0.3 is 0 Å². The van der Waals surface area contributed by atoms with Gasteiger partial charge in [0.15, 0.2) is 0 Å². The Morgan fingerprint density at radius 1 is 1.42 bits per heavy atom. The Balaban J connectivity index is 1.94. The van der Waals surface area contributed by atoms with Gasteiger partial charge in [-0.25, -0.2) is 4.98 Å². The van der Waals surface area contributed by atoms with Gasteiger partial charge in [-0.05, 0) is 50.8 Å². The Labute approximate surface area is 143 Å². The van der Waals surface area contributed by atoms with Crippen LogP contribution < -0.4 is 5.32 Å². The number of aryl methyl sites for hydroxylation is 1. The predicted octanol–water partition coefficient (Wildman–Crippen LogP) is 3.15. The van der Waals surface area contributed by atoms with Gasteiger partial charge in [-0.1, -0.05) is 6.92 Å². The minimum Gasteiger partial charge on any atom is -0.381 e. The van der Waals surface area contributed by atoms with E-state index in [1.165, 1.54) is 5.69 Å². The first-order valence-corrected chi connectivity index (χ1v) is 8.91. The lowest BCUT2D eigenvalue weighted by atomic mass is 9.96. The minimum atomic E-state index is 0.0533. The molecule has 1 amide bonds. The molecule has 2 aromatic rings. The summed E-state index contributed by atoms with van der Waals surface area (Å²) in [6, 6.07) is 4.55.